The van der Waals surface area contributed by atoms with Crippen LogP contribution in [0, 0.1) is 0 Å². The van der Waals surface area contributed by atoms with Crippen LogP contribution < -0.4 is 21.7 Å². The molecule has 2 aromatic heterocycles. The molecule has 3 N–H and O–H groups in total. The molecule has 0 aliphatic heterocycles. The summed E-state index contributed by atoms with van der Waals surface area (Å²) in [5.74, 6) is -0.0894. The Morgan fingerprint density at radius 3 is 2.57 bits per heavy atom. The van der Waals surface area contributed by atoms with Gasteiger partial charge in [0.2, 0.25) is 0 Å². The number of nitrogen functional groups attached to an aromatic ring is 1. The van der Waals surface area contributed by atoms with E-state index in [2.05, 4.69) is 9.71 Å². The predicted octanol–water partition coefficient (Wildman–Crippen LogP) is -1.14. The molecule has 0 aliphatic rings. The summed E-state index contributed by atoms with van der Waals surface area (Å²) in [6.07, 6.45) is 2.30. The smallest absolute Gasteiger partial charge is 0.330 e. The molecule has 0 saturated carbocycles. The molecule has 0 fully saturated rings. The number of rotatable bonds is 3. The van der Waals surface area contributed by atoms with Crippen LogP contribution in [-0.2, 0) is 24.1 Å². The van der Waals surface area contributed by atoms with E-state index in [1.807, 2.05) is 0 Å². The summed E-state index contributed by atoms with van der Waals surface area (Å²) in [5.41, 5.74) is 4.15. The highest BCUT2D eigenvalue weighted by atomic mass is 32.2. The Morgan fingerprint density at radius 1 is 1.29 bits per heavy atom. The monoisotopic (exact) mass is 311 g/mol. The summed E-state index contributed by atoms with van der Waals surface area (Å²) in [6.45, 7) is 0. The molecule has 0 spiro atoms. The predicted molar refractivity (Wildman–Crippen MR) is 76.4 cm³/mol. The fourth-order valence-electron chi connectivity index (χ4n) is 1.64. The summed E-state index contributed by atoms with van der Waals surface area (Å²) < 4.78 is 28.3. The van der Waals surface area contributed by atoms with Crippen LogP contribution in [0.4, 0.5) is 11.5 Å². The van der Waals surface area contributed by atoms with Crippen LogP contribution in [0.1, 0.15) is 0 Å². The molecule has 21 heavy (non-hydrogen) atoms. The molecular weight excluding hydrogens is 298 g/mol. The van der Waals surface area contributed by atoms with Gasteiger partial charge >= 0.3 is 5.69 Å². The van der Waals surface area contributed by atoms with Gasteiger partial charge in [-0.15, -0.1) is 0 Å². The summed E-state index contributed by atoms with van der Waals surface area (Å²) in [4.78, 5) is 26.7. The van der Waals surface area contributed by atoms with E-state index in [1.54, 1.807) is 6.07 Å². The molecule has 0 radical (unpaired) electrons. The third-order valence-corrected chi connectivity index (χ3v) is 4.10. The lowest BCUT2D eigenvalue weighted by atomic mass is 10.4. The minimum atomic E-state index is -4.21. The zero-order valence-corrected chi connectivity index (χ0v) is 12.1. The van der Waals surface area contributed by atoms with E-state index >= 15 is 0 Å². The highest BCUT2D eigenvalue weighted by molar-refractivity contribution is 7.92. The first-order valence-corrected chi connectivity index (χ1v) is 7.22. The highest BCUT2D eigenvalue weighted by Crippen LogP contribution is 2.16. The summed E-state index contributed by atoms with van der Waals surface area (Å²) in [6, 6.07) is 3.00. The molecule has 9 nitrogen and oxygen atoms in total. The van der Waals surface area contributed by atoms with Crippen molar-refractivity contribution in [1.82, 2.24) is 14.1 Å². The molecule has 112 valence electrons. The van der Waals surface area contributed by atoms with Crippen molar-refractivity contribution in [1.29, 1.82) is 0 Å². The lowest BCUT2D eigenvalue weighted by molar-refractivity contribution is 0.589. The topological polar surface area (TPSA) is 129 Å². The molecule has 0 bridgehead atoms. The average Bonchev–Trinajstić information content (AvgIpc) is 2.42. The van der Waals surface area contributed by atoms with Crippen molar-refractivity contribution in [3.8, 4) is 0 Å². The fraction of sp³-hybridized carbons (Fsp3) is 0.182. The van der Waals surface area contributed by atoms with Crippen molar-refractivity contribution in [3.63, 3.8) is 0 Å². The molecule has 0 aromatic carbocycles. The van der Waals surface area contributed by atoms with Gasteiger partial charge in [-0.2, -0.15) is 0 Å². The third kappa shape index (κ3) is 2.65. The number of aromatic nitrogens is 3. The van der Waals surface area contributed by atoms with Crippen LogP contribution in [0.3, 0.4) is 0 Å². The van der Waals surface area contributed by atoms with E-state index < -0.39 is 26.2 Å². The van der Waals surface area contributed by atoms with E-state index in [1.165, 1.54) is 26.4 Å². The molecular formula is C11H13N5O4S. The number of hydrogen-bond acceptors (Lipinski definition) is 6. The van der Waals surface area contributed by atoms with Crippen LogP contribution in [0.25, 0.3) is 0 Å². The van der Waals surface area contributed by atoms with Gasteiger partial charge in [0.15, 0.2) is 10.7 Å². The number of anilines is 2. The highest BCUT2D eigenvalue weighted by Gasteiger charge is 2.22. The van der Waals surface area contributed by atoms with Gasteiger partial charge in [-0.1, -0.05) is 0 Å². The number of nitrogens with two attached hydrogens (primary N) is 1. The van der Waals surface area contributed by atoms with Crippen molar-refractivity contribution in [2.24, 2.45) is 14.1 Å². The molecule has 2 aromatic rings. The second-order valence-corrected chi connectivity index (χ2v) is 5.95. The first-order valence-electron chi connectivity index (χ1n) is 5.74. The molecule has 0 atom stereocenters. The normalized spacial score (nSPS) is 11.3. The number of nitrogens with zero attached hydrogens (tertiary/aromatic N) is 3. The van der Waals surface area contributed by atoms with Crippen LogP contribution in [0.5, 0.6) is 0 Å². The molecule has 0 amide bonds. The van der Waals surface area contributed by atoms with Gasteiger partial charge in [-0.05, 0) is 12.1 Å². The van der Waals surface area contributed by atoms with Crippen LogP contribution >= 0.6 is 0 Å². The minimum absolute atomic E-state index is 0.0894. The van der Waals surface area contributed by atoms with E-state index in [0.29, 0.717) is 4.57 Å². The van der Waals surface area contributed by atoms with Crippen molar-refractivity contribution in [3.05, 3.63) is 45.4 Å². The Morgan fingerprint density at radius 2 is 1.95 bits per heavy atom. The Kier molecular flexibility index (Phi) is 3.56. The van der Waals surface area contributed by atoms with Gasteiger partial charge in [0.25, 0.3) is 15.6 Å². The van der Waals surface area contributed by atoms with Gasteiger partial charge < -0.3 is 10.3 Å². The molecule has 10 heteroatoms. The maximum Gasteiger partial charge on any atom is 0.330 e. The molecule has 2 heterocycles. The lowest BCUT2D eigenvalue weighted by Crippen LogP contribution is -2.40. The second kappa shape index (κ2) is 5.05. The third-order valence-electron chi connectivity index (χ3n) is 2.77. The van der Waals surface area contributed by atoms with E-state index in [4.69, 9.17) is 5.73 Å². The van der Waals surface area contributed by atoms with Gasteiger partial charge in [-0.25, -0.2) is 18.2 Å². The maximum absolute atomic E-state index is 12.3. The minimum Gasteiger partial charge on any atom is -0.396 e. The Balaban J connectivity index is 2.59. The van der Waals surface area contributed by atoms with Crippen molar-refractivity contribution in [2.75, 3.05) is 10.5 Å². The van der Waals surface area contributed by atoms with E-state index in [9.17, 15) is 18.0 Å². The fourth-order valence-corrected chi connectivity index (χ4v) is 2.84. The quantitative estimate of drug-likeness (QED) is 0.737. The average molecular weight is 311 g/mol. The zero-order chi connectivity index (χ0) is 15.8. The number of pyridine rings is 1. The van der Waals surface area contributed by atoms with Crippen molar-refractivity contribution < 1.29 is 8.42 Å². The number of nitrogens with one attached hydrogen (secondary N) is 1. The Bertz CT molecular complexity index is 913. The molecule has 0 saturated heterocycles. The number of hydrogen-bond donors (Lipinski definition) is 2. The first kappa shape index (κ1) is 14.8. The van der Waals surface area contributed by atoms with Crippen LogP contribution in [0.15, 0.2) is 39.0 Å². The van der Waals surface area contributed by atoms with E-state index in [-0.39, 0.29) is 11.5 Å². The van der Waals surface area contributed by atoms with Gasteiger partial charge in [-0.3, -0.25) is 14.1 Å². The van der Waals surface area contributed by atoms with Crippen molar-refractivity contribution in [2.45, 2.75) is 4.90 Å². The molecule has 0 unspecified atom stereocenters. The van der Waals surface area contributed by atoms with Gasteiger partial charge in [0, 0.05) is 26.5 Å². The molecule has 0 aliphatic carbocycles. The van der Waals surface area contributed by atoms with Crippen LogP contribution in [-0.4, -0.2) is 22.5 Å². The van der Waals surface area contributed by atoms with Gasteiger partial charge in [0.1, 0.15) is 0 Å². The number of sulfonamides is 1. The maximum atomic E-state index is 12.3. The summed E-state index contributed by atoms with van der Waals surface area (Å²) >= 11 is 0. The van der Waals surface area contributed by atoms with Crippen molar-refractivity contribution >= 4 is 21.5 Å². The SMILES string of the molecule is Cn1cc(S(=O)(=O)Nc2ncccc2N)c(=O)n(C)c1=O. The second-order valence-electron chi connectivity index (χ2n) is 4.30. The lowest BCUT2D eigenvalue weighted by Gasteiger charge is -2.10. The summed E-state index contributed by atoms with van der Waals surface area (Å²) in [7, 11) is -1.68. The Labute approximate surface area is 119 Å². The standard InChI is InChI=1S/C11H13N5O4S/c1-15-6-8(10(17)16(2)11(15)18)21(19,20)14-9-7(12)4-3-5-13-9/h3-6H,12H2,1-2H3,(H,13,14). The molecule has 2 rings (SSSR count). The first-order chi connectivity index (χ1) is 9.74. The Hall–Kier alpha value is -2.62. The summed E-state index contributed by atoms with van der Waals surface area (Å²) in [5, 5.41) is 0. The van der Waals surface area contributed by atoms with E-state index in [0.717, 1.165) is 10.8 Å². The van der Waals surface area contributed by atoms with Crippen LogP contribution in [0.2, 0.25) is 0 Å². The largest absolute Gasteiger partial charge is 0.396 e. The number of aryl methyl sites for hydroxylation is 1. The zero-order valence-electron chi connectivity index (χ0n) is 11.3. The van der Waals surface area contributed by atoms with Gasteiger partial charge in [0.05, 0.1) is 5.69 Å².